The van der Waals surface area contributed by atoms with Crippen LogP contribution in [0.2, 0.25) is 0 Å². The van der Waals surface area contributed by atoms with Gasteiger partial charge in [0.1, 0.15) is 16.5 Å². The highest BCUT2D eigenvalue weighted by atomic mass is 32.1. The molecule has 4 aromatic rings. The van der Waals surface area contributed by atoms with Crippen molar-refractivity contribution in [3.8, 4) is 22.2 Å². The quantitative estimate of drug-likeness (QED) is 0.279. The molecule has 212 valence electrons. The Bertz CT molecular complexity index is 1480. The van der Waals surface area contributed by atoms with Crippen LogP contribution in [0.4, 0.5) is 16.8 Å². The zero-order chi connectivity index (χ0) is 28.0. The molecule has 2 fully saturated rings. The molecule has 0 saturated carbocycles. The summed E-state index contributed by atoms with van der Waals surface area (Å²) in [5.41, 5.74) is 1.99. The number of benzene rings is 1. The van der Waals surface area contributed by atoms with E-state index in [-0.39, 0.29) is 11.9 Å². The van der Waals surface area contributed by atoms with Crippen LogP contribution in [0.5, 0.6) is 0 Å². The SMILES string of the molecule is C=CC(=O)N1CCC[C@H](Nc2cc(CN3CCOCC3)cc(Nc3ncc(-c4nnc(-c5ccccc5)o4)s3)n2)C1. The number of amides is 1. The number of piperidine rings is 1. The van der Waals surface area contributed by atoms with Crippen LogP contribution in [0.15, 0.2) is 65.7 Å². The van der Waals surface area contributed by atoms with E-state index in [1.54, 1.807) is 6.20 Å². The Balaban J connectivity index is 1.20. The number of hydrogen-bond donors (Lipinski definition) is 2. The molecule has 2 saturated heterocycles. The minimum Gasteiger partial charge on any atom is -0.415 e. The van der Waals surface area contributed by atoms with Crippen LogP contribution in [-0.4, -0.2) is 81.3 Å². The predicted molar refractivity (Wildman–Crippen MR) is 158 cm³/mol. The van der Waals surface area contributed by atoms with Crippen molar-refractivity contribution in [3.05, 3.63) is 66.9 Å². The third-order valence-electron chi connectivity index (χ3n) is 7.05. The number of ether oxygens (including phenoxy) is 1. The van der Waals surface area contributed by atoms with E-state index >= 15 is 0 Å². The van der Waals surface area contributed by atoms with Gasteiger partial charge in [-0.3, -0.25) is 9.69 Å². The van der Waals surface area contributed by atoms with E-state index in [1.165, 1.54) is 17.4 Å². The maximum atomic E-state index is 12.2. The number of carbonyl (C=O) groups is 1. The maximum absolute atomic E-state index is 12.2. The van der Waals surface area contributed by atoms with Gasteiger partial charge in [-0.05, 0) is 48.7 Å². The second kappa shape index (κ2) is 12.6. The molecule has 0 radical (unpaired) electrons. The molecule has 5 heterocycles. The fourth-order valence-corrected chi connectivity index (χ4v) is 5.77. The Morgan fingerprint density at radius 1 is 1.10 bits per heavy atom. The van der Waals surface area contributed by atoms with Crippen molar-refractivity contribution in [2.45, 2.75) is 25.4 Å². The number of carbonyl (C=O) groups excluding carboxylic acids is 1. The van der Waals surface area contributed by atoms with Gasteiger partial charge in [0.05, 0.1) is 19.4 Å². The largest absolute Gasteiger partial charge is 0.415 e. The molecule has 6 rings (SSSR count). The summed E-state index contributed by atoms with van der Waals surface area (Å²) in [5, 5.41) is 16.0. The lowest BCUT2D eigenvalue weighted by molar-refractivity contribution is -0.127. The average Bonchev–Trinajstić information content (AvgIpc) is 3.68. The molecule has 0 spiro atoms. The van der Waals surface area contributed by atoms with Crippen LogP contribution >= 0.6 is 11.3 Å². The van der Waals surface area contributed by atoms with Gasteiger partial charge in [-0.2, -0.15) is 0 Å². The first-order valence-corrected chi connectivity index (χ1v) is 14.6. The smallest absolute Gasteiger partial charge is 0.259 e. The van der Waals surface area contributed by atoms with Crippen LogP contribution in [0.3, 0.4) is 0 Å². The number of likely N-dealkylation sites (tertiary alicyclic amines) is 1. The van der Waals surface area contributed by atoms with E-state index in [0.29, 0.717) is 29.3 Å². The third kappa shape index (κ3) is 6.79. The topological polar surface area (TPSA) is 122 Å². The number of nitrogens with one attached hydrogen (secondary N) is 2. The molecule has 2 aliphatic rings. The number of aromatic nitrogens is 4. The van der Waals surface area contributed by atoms with Crippen LogP contribution in [0.1, 0.15) is 18.4 Å². The third-order valence-corrected chi connectivity index (χ3v) is 7.95. The minimum absolute atomic E-state index is 0.0374. The number of rotatable bonds is 9. The Morgan fingerprint density at radius 2 is 1.90 bits per heavy atom. The van der Waals surface area contributed by atoms with Crippen molar-refractivity contribution in [2.75, 3.05) is 50.0 Å². The molecule has 3 aromatic heterocycles. The summed E-state index contributed by atoms with van der Waals surface area (Å²) in [6, 6.07) is 13.9. The second-order valence-electron chi connectivity index (χ2n) is 10.0. The van der Waals surface area contributed by atoms with Gasteiger partial charge < -0.3 is 24.7 Å². The van der Waals surface area contributed by atoms with Gasteiger partial charge in [-0.25, -0.2) is 9.97 Å². The molecular weight excluding hydrogens is 540 g/mol. The summed E-state index contributed by atoms with van der Waals surface area (Å²) in [6.45, 7) is 9.04. The summed E-state index contributed by atoms with van der Waals surface area (Å²) in [5.74, 6) is 2.29. The van der Waals surface area contributed by atoms with Gasteiger partial charge in [-0.15, -0.1) is 10.2 Å². The van der Waals surface area contributed by atoms with Gasteiger partial charge in [0.15, 0.2) is 5.13 Å². The lowest BCUT2D eigenvalue weighted by Gasteiger charge is -2.33. The van der Waals surface area contributed by atoms with E-state index in [2.05, 4.69) is 49.4 Å². The van der Waals surface area contributed by atoms with Crippen molar-refractivity contribution < 1.29 is 13.9 Å². The lowest BCUT2D eigenvalue weighted by atomic mass is 10.1. The second-order valence-corrected chi connectivity index (χ2v) is 11.1. The van der Waals surface area contributed by atoms with Crippen molar-refractivity contribution in [1.29, 1.82) is 0 Å². The van der Waals surface area contributed by atoms with Gasteiger partial charge in [0.2, 0.25) is 11.8 Å². The number of morpholine rings is 1. The maximum Gasteiger partial charge on any atom is 0.259 e. The van der Waals surface area contributed by atoms with Crippen molar-refractivity contribution in [3.63, 3.8) is 0 Å². The van der Waals surface area contributed by atoms with Crippen molar-refractivity contribution >= 4 is 34.0 Å². The van der Waals surface area contributed by atoms with E-state index in [9.17, 15) is 4.79 Å². The minimum atomic E-state index is -0.0374. The number of anilines is 3. The van der Waals surface area contributed by atoms with Crippen molar-refractivity contribution in [1.82, 2.24) is 30.0 Å². The van der Waals surface area contributed by atoms with Gasteiger partial charge in [0.25, 0.3) is 5.89 Å². The summed E-state index contributed by atoms with van der Waals surface area (Å²) in [7, 11) is 0. The Hall–Kier alpha value is -4.13. The Kier molecular flexibility index (Phi) is 8.31. The standard InChI is InChI=1S/C29H32N8O3S/c1-2-26(38)37-10-6-9-22(19-37)31-24-15-20(18-36-11-13-39-14-12-36)16-25(32-24)33-29-30-17-23(41-29)28-35-34-27(40-28)21-7-4-3-5-8-21/h2-5,7-8,15-17,22H,1,6,9-14,18-19H2,(H2,30,31,32,33)/t22-/m0/s1. The first-order valence-electron chi connectivity index (χ1n) is 13.7. The molecule has 2 N–H and O–H groups in total. The number of hydrogen-bond acceptors (Lipinski definition) is 11. The molecule has 41 heavy (non-hydrogen) atoms. The highest BCUT2D eigenvalue weighted by Crippen LogP contribution is 2.32. The highest BCUT2D eigenvalue weighted by molar-refractivity contribution is 7.18. The Morgan fingerprint density at radius 3 is 2.73 bits per heavy atom. The fraction of sp³-hybridized carbons (Fsp3) is 0.345. The number of thiazole rings is 1. The van der Waals surface area contributed by atoms with Gasteiger partial charge in [-0.1, -0.05) is 36.1 Å². The molecule has 0 aliphatic carbocycles. The number of nitrogens with zero attached hydrogens (tertiary/aromatic N) is 6. The number of pyridine rings is 1. The van der Waals surface area contributed by atoms with Gasteiger partial charge >= 0.3 is 0 Å². The molecule has 11 nitrogen and oxygen atoms in total. The zero-order valence-electron chi connectivity index (χ0n) is 22.7. The molecule has 12 heteroatoms. The summed E-state index contributed by atoms with van der Waals surface area (Å²) < 4.78 is 11.4. The summed E-state index contributed by atoms with van der Waals surface area (Å²) >= 11 is 1.42. The molecular formula is C29H32N8O3S. The first-order chi connectivity index (χ1) is 20.1. The van der Waals surface area contributed by atoms with Crippen LogP contribution in [-0.2, 0) is 16.1 Å². The summed E-state index contributed by atoms with van der Waals surface area (Å²) in [4.78, 5) is 26.6. The first kappa shape index (κ1) is 27.1. The van der Waals surface area contributed by atoms with E-state index in [0.717, 1.165) is 74.1 Å². The monoisotopic (exact) mass is 572 g/mol. The molecule has 0 bridgehead atoms. The predicted octanol–water partition coefficient (Wildman–Crippen LogP) is 4.42. The zero-order valence-corrected chi connectivity index (χ0v) is 23.5. The van der Waals surface area contributed by atoms with E-state index < -0.39 is 0 Å². The van der Waals surface area contributed by atoms with Crippen LogP contribution in [0.25, 0.3) is 22.2 Å². The summed E-state index contributed by atoms with van der Waals surface area (Å²) in [6.07, 6.45) is 4.99. The van der Waals surface area contributed by atoms with Gasteiger partial charge in [0, 0.05) is 44.3 Å². The molecule has 2 aliphatic heterocycles. The van der Waals surface area contributed by atoms with Crippen LogP contribution < -0.4 is 10.6 Å². The molecule has 0 unspecified atom stereocenters. The fourth-order valence-electron chi connectivity index (χ4n) is 5.03. The Labute approximate surface area is 242 Å². The normalized spacial score (nSPS) is 17.8. The lowest BCUT2D eigenvalue weighted by Crippen LogP contribution is -2.44. The highest BCUT2D eigenvalue weighted by Gasteiger charge is 2.23. The van der Waals surface area contributed by atoms with E-state index in [4.69, 9.17) is 14.1 Å². The van der Waals surface area contributed by atoms with E-state index in [1.807, 2.05) is 35.2 Å². The molecule has 1 amide bonds. The molecule has 1 aromatic carbocycles. The molecule has 1 atom stereocenters. The average molecular weight is 573 g/mol. The van der Waals surface area contributed by atoms with Crippen molar-refractivity contribution in [2.24, 2.45) is 0 Å². The van der Waals surface area contributed by atoms with Crippen LogP contribution in [0, 0.1) is 0 Å².